The summed E-state index contributed by atoms with van der Waals surface area (Å²) in [6.07, 6.45) is -3.13. The zero-order chi connectivity index (χ0) is 5.86. The SMILES string of the molecule is O=C(OCl)C(F)F.[H-].[Li+]. The minimum Gasteiger partial charge on any atom is -1.00 e. The van der Waals surface area contributed by atoms with Gasteiger partial charge in [0, 0.05) is 0 Å². The second-order valence-electron chi connectivity index (χ2n) is 0.697. The van der Waals surface area contributed by atoms with Crippen LogP contribution in [0.15, 0.2) is 0 Å². The summed E-state index contributed by atoms with van der Waals surface area (Å²) in [6.45, 7) is 0. The molecule has 0 amide bonds. The normalized spacial score (nSPS) is 8.00. The van der Waals surface area contributed by atoms with E-state index < -0.39 is 12.4 Å². The van der Waals surface area contributed by atoms with E-state index >= 15 is 0 Å². The van der Waals surface area contributed by atoms with E-state index in [-0.39, 0.29) is 20.3 Å². The third-order valence-electron chi connectivity index (χ3n) is 0.254. The van der Waals surface area contributed by atoms with Crippen molar-refractivity contribution in [3.8, 4) is 0 Å². The second kappa shape index (κ2) is 5.36. The molecule has 0 heterocycles. The Kier molecular flexibility index (Phi) is 7.41. The van der Waals surface area contributed by atoms with Crippen molar-refractivity contribution in [2.45, 2.75) is 6.43 Å². The molecule has 6 heteroatoms. The molecule has 0 aromatic rings. The molecule has 0 unspecified atom stereocenters. The summed E-state index contributed by atoms with van der Waals surface area (Å²) >= 11 is 4.22. The zero-order valence-electron chi connectivity index (χ0n) is 5.03. The van der Waals surface area contributed by atoms with Crippen LogP contribution < -0.4 is 18.9 Å². The molecule has 8 heavy (non-hydrogen) atoms. The fourth-order valence-electron chi connectivity index (χ4n) is 0.0337. The second-order valence-corrected chi connectivity index (χ2v) is 0.851. The van der Waals surface area contributed by atoms with Gasteiger partial charge in [-0.25, -0.2) is 4.79 Å². The van der Waals surface area contributed by atoms with E-state index in [9.17, 15) is 13.6 Å². The van der Waals surface area contributed by atoms with Crippen LogP contribution in [0.25, 0.3) is 0 Å². The summed E-state index contributed by atoms with van der Waals surface area (Å²) in [5.74, 6) is -1.72. The van der Waals surface area contributed by atoms with Crippen molar-refractivity contribution in [2.24, 2.45) is 0 Å². The van der Waals surface area contributed by atoms with Crippen LogP contribution in [0, 0.1) is 0 Å². The van der Waals surface area contributed by atoms with Gasteiger partial charge in [-0.15, -0.1) is 0 Å². The molecule has 0 rings (SSSR count). The van der Waals surface area contributed by atoms with Crippen LogP contribution in [0.5, 0.6) is 0 Å². The Bertz CT molecular complexity index is 83.0. The molecule has 0 saturated carbocycles. The maximum atomic E-state index is 10.9. The number of rotatable bonds is 1. The fraction of sp³-hybridized carbons (Fsp3) is 0.500. The first-order chi connectivity index (χ1) is 3.18. The van der Waals surface area contributed by atoms with Gasteiger partial charge in [0.2, 0.25) is 0 Å². The molecule has 0 bridgehead atoms. The van der Waals surface area contributed by atoms with Gasteiger partial charge >= 0.3 is 31.3 Å². The molecule has 0 atom stereocenters. The van der Waals surface area contributed by atoms with Gasteiger partial charge in [0.1, 0.15) is 11.9 Å². The van der Waals surface area contributed by atoms with Gasteiger partial charge < -0.3 is 5.72 Å². The molecule has 0 radical (unpaired) electrons. The Morgan fingerprint density at radius 3 is 2.12 bits per heavy atom. The Hall–Kier alpha value is 0.217. The number of halogens is 3. The van der Waals surface area contributed by atoms with Crippen molar-refractivity contribution in [2.75, 3.05) is 0 Å². The molecule has 0 aliphatic carbocycles. The van der Waals surface area contributed by atoms with E-state index in [1.807, 2.05) is 0 Å². The topological polar surface area (TPSA) is 26.3 Å². The minimum absolute atomic E-state index is 0. The molecule has 0 aromatic carbocycles. The predicted octanol–water partition coefficient (Wildman–Crippen LogP) is -1.93. The van der Waals surface area contributed by atoms with Gasteiger partial charge in [-0.1, -0.05) is 0 Å². The molecular weight excluding hydrogens is 136 g/mol. The van der Waals surface area contributed by atoms with E-state index in [2.05, 4.69) is 16.2 Å². The van der Waals surface area contributed by atoms with E-state index in [1.54, 1.807) is 0 Å². The molecule has 0 spiro atoms. The molecule has 0 aliphatic rings. The summed E-state index contributed by atoms with van der Waals surface area (Å²) < 4.78 is 24.8. The molecule has 2 nitrogen and oxygen atoms in total. The average Bonchev–Trinajstić information content (AvgIpc) is 1.65. The number of hydrogen-bond donors (Lipinski definition) is 0. The van der Waals surface area contributed by atoms with Crippen LogP contribution in [-0.2, 0) is 9.08 Å². The van der Waals surface area contributed by atoms with E-state index in [0.717, 1.165) is 0 Å². The maximum Gasteiger partial charge on any atom is 1.00 e. The third kappa shape index (κ3) is 4.38. The molecule has 0 N–H and O–H groups in total. The number of carbonyl (C=O) groups is 1. The molecule has 0 saturated heterocycles. The van der Waals surface area contributed by atoms with Crippen molar-refractivity contribution >= 4 is 17.8 Å². The summed E-state index contributed by atoms with van der Waals surface area (Å²) in [7, 11) is 0. The van der Waals surface area contributed by atoms with Crippen molar-refractivity contribution in [3.63, 3.8) is 0 Å². The van der Waals surface area contributed by atoms with Crippen LogP contribution in [-0.4, -0.2) is 12.4 Å². The standard InChI is InChI=1S/C2HClF2O2.Li.H/c3-7-2(6)1(4)5;;/h1H;;/q;+1;-1. The Labute approximate surface area is 63.0 Å². The van der Waals surface area contributed by atoms with Crippen molar-refractivity contribution < 1.29 is 38.2 Å². The molecule has 0 aliphatic heterocycles. The van der Waals surface area contributed by atoms with Crippen molar-refractivity contribution in [3.05, 3.63) is 0 Å². The molecule has 0 aromatic heterocycles. The Morgan fingerprint density at radius 2 is 2.12 bits per heavy atom. The zero-order valence-corrected chi connectivity index (χ0v) is 4.78. The van der Waals surface area contributed by atoms with Crippen LogP contribution in [0.3, 0.4) is 0 Å². The first-order valence-electron chi connectivity index (χ1n) is 1.29. The van der Waals surface area contributed by atoms with Crippen molar-refractivity contribution in [1.29, 1.82) is 0 Å². The van der Waals surface area contributed by atoms with Gasteiger partial charge in [0.05, 0.1) is 0 Å². The average molecular weight is 138 g/mol. The van der Waals surface area contributed by atoms with Gasteiger partial charge in [-0.3, -0.25) is 0 Å². The van der Waals surface area contributed by atoms with E-state index in [1.165, 1.54) is 0 Å². The minimum atomic E-state index is -3.13. The summed E-state index contributed by atoms with van der Waals surface area (Å²) in [6, 6.07) is 0. The Balaban J connectivity index is -0.000000180. The van der Waals surface area contributed by atoms with Crippen LogP contribution in [0.4, 0.5) is 8.78 Å². The monoisotopic (exact) mass is 138 g/mol. The van der Waals surface area contributed by atoms with E-state index in [0.29, 0.717) is 0 Å². The van der Waals surface area contributed by atoms with Gasteiger partial charge in [-0.05, 0) is 0 Å². The molecular formula is C2H2ClF2LiO2. The number of alkyl halides is 2. The predicted molar refractivity (Wildman–Crippen MR) is 19.1 cm³/mol. The number of carbonyl (C=O) groups excluding carboxylic acids is 1. The third-order valence-corrected chi connectivity index (χ3v) is 0.406. The summed E-state index contributed by atoms with van der Waals surface area (Å²) in [4.78, 5) is 9.41. The summed E-state index contributed by atoms with van der Waals surface area (Å²) in [5.41, 5.74) is 0. The van der Waals surface area contributed by atoms with Crippen LogP contribution in [0.1, 0.15) is 1.43 Å². The van der Waals surface area contributed by atoms with Crippen molar-refractivity contribution in [1.82, 2.24) is 0 Å². The molecule has 44 valence electrons. The first-order valence-corrected chi connectivity index (χ1v) is 1.60. The van der Waals surface area contributed by atoms with Crippen LogP contribution in [0.2, 0.25) is 0 Å². The number of hydrogen-bond acceptors (Lipinski definition) is 2. The Morgan fingerprint density at radius 1 is 1.75 bits per heavy atom. The van der Waals surface area contributed by atoms with Crippen LogP contribution >= 0.6 is 11.9 Å². The van der Waals surface area contributed by atoms with Gasteiger partial charge in [-0.2, -0.15) is 8.78 Å². The molecule has 0 fully saturated rings. The first kappa shape index (κ1) is 11.1. The quantitative estimate of drug-likeness (QED) is 0.394. The largest absolute Gasteiger partial charge is 1.00 e. The maximum absolute atomic E-state index is 10.9. The summed E-state index contributed by atoms with van der Waals surface area (Å²) in [5, 5.41) is 0. The smallest absolute Gasteiger partial charge is 1.00 e. The van der Waals surface area contributed by atoms with E-state index in [4.69, 9.17) is 0 Å². The van der Waals surface area contributed by atoms with Gasteiger partial charge in [0.15, 0.2) is 0 Å². The van der Waals surface area contributed by atoms with Gasteiger partial charge in [0.25, 0.3) is 0 Å². The fourth-order valence-corrected chi connectivity index (χ4v) is 0.101.